The Morgan fingerprint density at radius 3 is 2.76 bits per heavy atom. The van der Waals surface area contributed by atoms with Gasteiger partial charge in [0.15, 0.2) is 0 Å². The average Bonchev–Trinajstić information content (AvgIpc) is 2.29. The van der Waals surface area contributed by atoms with E-state index in [9.17, 15) is 9.59 Å². The van der Waals surface area contributed by atoms with Gasteiger partial charge in [-0.05, 0) is 17.7 Å². The van der Waals surface area contributed by atoms with Crippen LogP contribution in [0.15, 0.2) is 33.5 Å². The molecule has 1 aromatic heterocycles. The molecule has 1 aromatic carbocycles. The van der Waals surface area contributed by atoms with Crippen molar-refractivity contribution in [2.24, 2.45) is 5.73 Å². The van der Waals surface area contributed by atoms with E-state index in [1.807, 2.05) is 6.07 Å². The van der Waals surface area contributed by atoms with Crippen molar-refractivity contribution in [2.45, 2.75) is 13.0 Å². The molecule has 0 saturated carbocycles. The third-order valence-corrected chi connectivity index (χ3v) is 2.45. The highest BCUT2D eigenvalue weighted by molar-refractivity contribution is 5.79. The second-order valence-electron chi connectivity index (χ2n) is 3.71. The number of aliphatic carboxylic acids is 1. The molecule has 2 rings (SSSR count). The van der Waals surface area contributed by atoms with E-state index in [4.69, 9.17) is 15.3 Å². The summed E-state index contributed by atoms with van der Waals surface area (Å²) in [5.41, 5.74) is 6.28. The molecule has 0 bridgehead atoms. The average molecular weight is 233 g/mol. The Morgan fingerprint density at radius 2 is 2.12 bits per heavy atom. The second kappa shape index (κ2) is 4.39. The number of hydrogen-bond donors (Lipinski definition) is 2. The summed E-state index contributed by atoms with van der Waals surface area (Å²) in [6, 6.07) is 6.79. The monoisotopic (exact) mass is 233 g/mol. The second-order valence-corrected chi connectivity index (χ2v) is 3.71. The van der Waals surface area contributed by atoms with Gasteiger partial charge in [0, 0.05) is 17.5 Å². The summed E-state index contributed by atoms with van der Waals surface area (Å²) < 4.78 is 5.06. The quantitative estimate of drug-likeness (QED) is 0.767. The van der Waals surface area contributed by atoms with Crippen molar-refractivity contribution in [3.63, 3.8) is 0 Å². The van der Waals surface area contributed by atoms with Crippen molar-refractivity contribution < 1.29 is 14.3 Å². The van der Waals surface area contributed by atoms with Gasteiger partial charge in [0.25, 0.3) is 0 Å². The van der Waals surface area contributed by atoms with E-state index in [0.29, 0.717) is 17.5 Å². The van der Waals surface area contributed by atoms with Gasteiger partial charge in [-0.25, -0.2) is 4.79 Å². The first-order chi connectivity index (χ1) is 8.10. The van der Waals surface area contributed by atoms with E-state index in [0.717, 1.165) is 5.56 Å². The van der Waals surface area contributed by atoms with Crippen LogP contribution in [0.2, 0.25) is 0 Å². The fourth-order valence-electron chi connectivity index (χ4n) is 1.61. The van der Waals surface area contributed by atoms with Crippen molar-refractivity contribution in [3.8, 4) is 0 Å². The number of fused-ring (bicyclic) bond motifs is 1. The van der Waals surface area contributed by atoms with E-state index < -0.39 is 11.6 Å². The molecule has 0 aliphatic carbocycles. The largest absolute Gasteiger partial charge is 0.481 e. The zero-order valence-electron chi connectivity index (χ0n) is 8.97. The van der Waals surface area contributed by atoms with E-state index in [1.54, 1.807) is 12.1 Å². The molecular weight excluding hydrogens is 222 g/mol. The van der Waals surface area contributed by atoms with Gasteiger partial charge in [-0.15, -0.1) is 0 Å². The van der Waals surface area contributed by atoms with Gasteiger partial charge in [0.2, 0.25) is 0 Å². The van der Waals surface area contributed by atoms with Crippen LogP contribution in [0.25, 0.3) is 11.0 Å². The lowest BCUT2D eigenvalue weighted by molar-refractivity contribution is -0.136. The molecule has 0 saturated heterocycles. The predicted octanol–water partition coefficient (Wildman–Crippen LogP) is 0.879. The highest BCUT2D eigenvalue weighted by atomic mass is 16.4. The molecule has 0 radical (unpaired) electrons. The third kappa shape index (κ3) is 2.34. The SMILES string of the molecule is NCc1ccc2cc(CC(=O)O)c(=O)oc2c1. The van der Waals surface area contributed by atoms with Gasteiger partial charge in [-0.2, -0.15) is 0 Å². The standard InChI is InChI=1S/C12H11NO4/c13-6-7-1-2-8-4-9(5-11(14)15)12(16)17-10(8)3-7/h1-4H,5-6,13H2,(H,14,15). The third-order valence-electron chi connectivity index (χ3n) is 2.45. The fourth-order valence-corrected chi connectivity index (χ4v) is 1.61. The summed E-state index contributed by atoms with van der Waals surface area (Å²) in [7, 11) is 0. The normalized spacial score (nSPS) is 10.6. The Morgan fingerprint density at radius 1 is 1.35 bits per heavy atom. The first kappa shape index (κ1) is 11.3. The summed E-state index contributed by atoms with van der Waals surface area (Å²) in [6.07, 6.45) is -0.336. The van der Waals surface area contributed by atoms with Crippen LogP contribution in [0, 0.1) is 0 Å². The van der Waals surface area contributed by atoms with Crippen molar-refractivity contribution in [3.05, 3.63) is 45.8 Å². The minimum absolute atomic E-state index is 0.144. The number of carbonyl (C=O) groups is 1. The Kier molecular flexibility index (Phi) is 2.93. The number of carboxylic acid groups (broad SMARTS) is 1. The van der Waals surface area contributed by atoms with Crippen LogP contribution < -0.4 is 11.4 Å². The molecule has 0 aliphatic heterocycles. The zero-order chi connectivity index (χ0) is 12.4. The van der Waals surface area contributed by atoms with Gasteiger partial charge in [-0.1, -0.05) is 12.1 Å². The molecular formula is C12H11NO4. The van der Waals surface area contributed by atoms with Crippen molar-refractivity contribution in [1.29, 1.82) is 0 Å². The predicted molar refractivity (Wildman–Crippen MR) is 61.7 cm³/mol. The van der Waals surface area contributed by atoms with Crippen LogP contribution >= 0.6 is 0 Å². The van der Waals surface area contributed by atoms with E-state index in [-0.39, 0.29) is 12.0 Å². The van der Waals surface area contributed by atoms with Crippen molar-refractivity contribution in [1.82, 2.24) is 0 Å². The molecule has 0 amide bonds. The molecule has 0 unspecified atom stereocenters. The molecule has 88 valence electrons. The molecule has 2 aromatic rings. The van der Waals surface area contributed by atoms with Gasteiger partial charge >= 0.3 is 11.6 Å². The highest BCUT2D eigenvalue weighted by Gasteiger charge is 2.09. The highest BCUT2D eigenvalue weighted by Crippen LogP contribution is 2.15. The number of benzene rings is 1. The molecule has 17 heavy (non-hydrogen) atoms. The molecule has 1 heterocycles. The summed E-state index contributed by atoms with van der Waals surface area (Å²) in [5.74, 6) is -1.06. The van der Waals surface area contributed by atoms with E-state index in [2.05, 4.69) is 0 Å². The van der Waals surface area contributed by atoms with Gasteiger partial charge in [-0.3, -0.25) is 4.79 Å². The number of carboxylic acids is 1. The Bertz CT molecular complexity index is 630. The molecule has 0 fully saturated rings. The maximum Gasteiger partial charge on any atom is 0.340 e. The zero-order valence-corrected chi connectivity index (χ0v) is 8.97. The lowest BCUT2D eigenvalue weighted by Gasteiger charge is -2.02. The summed E-state index contributed by atoms with van der Waals surface area (Å²) >= 11 is 0. The molecule has 5 heteroatoms. The first-order valence-corrected chi connectivity index (χ1v) is 5.07. The Labute approximate surface area is 96.5 Å². The maximum atomic E-state index is 11.5. The fraction of sp³-hybridized carbons (Fsp3) is 0.167. The first-order valence-electron chi connectivity index (χ1n) is 5.07. The van der Waals surface area contributed by atoms with Gasteiger partial charge in [0.1, 0.15) is 5.58 Å². The molecule has 0 atom stereocenters. The van der Waals surface area contributed by atoms with Crippen LogP contribution in [0.5, 0.6) is 0 Å². The van der Waals surface area contributed by atoms with Gasteiger partial charge < -0.3 is 15.3 Å². The van der Waals surface area contributed by atoms with Crippen LogP contribution in [0.3, 0.4) is 0 Å². The smallest absolute Gasteiger partial charge is 0.340 e. The van der Waals surface area contributed by atoms with Crippen molar-refractivity contribution >= 4 is 16.9 Å². The van der Waals surface area contributed by atoms with E-state index >= 15 is 0 Å². The summed E-state index contributed by atoms with van der Waals surface area (Å²) in [5, 5.41) is 9.34. The Balaban J connectivity index is 2.58. The molecule has 3 N–H and O–H groups in total. The Hall–Kier alpha value is -2.14. The van der Waals surface area contributed by atoms with Crippen LogP contribution in [-0.4, -0.2) is 11.1 Å². The topological polar surface area (TPSA) is 93.5 Å². The number of hydrogen-bond acceptors (Lipinski definition) is 4. The lowest BCUT2D eigenvalue weighted by atomic mass is 10.1. The maximum absolute atomic E-state index is 11.5. The lowest BCUT2D eigenvalue weighted by Crippen LogP contribution is -2.12. The van der Waals surface area contributed by atoms with Crippen LogP contribution in [-0.2, 0) is 17.8 Å². The minimum Gasteiger partial charge on any atom is -0.481 e. The summed E-state index contributed by atoms with van der Waals surface area (Å²) in [6.45, 7) is 0.358. The summed E-state index contributed by atoms with van der Waals surface area (Å²) in [4.78, 5) is 22.1. The molecule has 5 nitrogen and oxygen atoms in total. The number of nitrogens with two attached hydrogens (primary N) is 1. The van der Waals surface area contributed by atoms with Crippen LogP contribution in [0.4, 0.5) is 0 Å². The van der Waals surface area contributed by atoms with Crippen LogP contribution in [0.1, 0.15) is 11.1 Å². The number of rotatable bonds is 3. The molecule has 0 spiro atoms. The van der Waals surface area contributed by atoms with Gasteiger partial charge in [0.05, 0.1) is 6.42 Å². The van der Waals surface area contributed by atoms with Crippen molar-refractivity contribution in [2.75, 3.05) is 0 Å². The van der Waals surface area contributed by atoms with E-state index in [1.165, 1.54) is 6.07 Å². The minimum atomic E-state index is -1.06. The molecule has 0 aliphatic rings.